The Morgan fingerprint density at radius 3 is 2.02 bits per heavy atom. The van der Waals surface area contributed by atoms with Gasteiger partial charge >= 0.3 is 0 Å². The number of allylic oxidation sites excluding steroid dienone is 4. The van der Waals surface area contributed by atoms with Gasteiger partial charge in [-0.15, -0.1) is 11.3 Å². The lowest BCUT2D eigenvalue weighted by Gasteiger charge is -2.15. The fourth-order valence-electron chi connectivity index (χ4n) is 8.46. The van der Waals surface area contributed by atoms with Crippen molar-refractivity contribution in [2.75, 3.05) is 0 Å². The van der Waals surface area contributed by atoms with E-state index in [0.29, 0.717) is 17.5 Å². The van der Waals surface area contributed by atoms with Gasteiger partial charge in [0.1, 0.15) is 10.7 Å². The van der Waals surface area contributed by atoms with Crippen LogP contribution in [0.2, 0.25) is 0 Å². The molecule has 0 N–H and O–H groups in total. The number of benzene rings is 6. The molecule has 0 bridgehead atoms. The standard InChI is InChI=1S/C52H33N7S/c1-2-12-34(13-3-1)49-56-50(58-51(57-49)37-15-10-16-40(28-37)59-44-19-8-6-17-41(44)42-18-7-9-20-45(42)59)35-24-21-33(22-25-35)39-29-43-47-46(60-52(43)54-30-39)31-53-48(55-47)38-26-23-32-11-4-5-14-36(32)27-38/h1-12,14-31,34H,13H2. The Bertz CT molecular complexity index is 3490. The van der Waals surface area contributed by atoms with Crippen molar-refractivity contribution in [3.05, 3.63) is 188 Å². The number of aromatic nitrogens is 7. The van der Waals surface area contributed by atoms with Crippen LogP contribution >= 0.6 is 11.3 Å². The number of thiophene rings is 1. The maximum atomic E-state index is 5.14. The molecule has 6 aromatic carbocycles. The smallest absolute Gasteiger partial charge is 0.163 e. The summed E-state index contributed by atoms with van der Waals surface area (Å²) in [6.07, 6.45) is 13.2. The molecule has 11 aromatic rings. The Morgan fingerprint density at radius 2 is 1.22 bits per heavy atom. The van der Waals surface area contributed by atoms with E-state index in [4.69, 9.17) is 29.9 Å². The molecular formula is C52H33N7S. The van der Waals surface area contributed by atoms with Gasteiger partial charge in [0.05, 0.1) is 21.3 Å². The van der Waals surface area contributed by atoms with Gasteiger partial charge in [-0.25, -0.2) is 29.9 Å². The molecule has 1 aliphatic carbocycles. The van der Waals surface area contributed by atoms with Gasteiger partial charge in [-0.3, -0.25) is 0 Å². The van der Waals surface area contributed by atoms with E-state index in [1.807, 2.05) is 12.4 Å². The zero-order chi connectivity index (χ0) is 39.6. The van der Waals surface area contributed by atoms with E-state index in [9.17, 15) is 0 Å². The first kappa shape index (κ1) is 34.4. The van der Waals surface area contributed by atoms with Crippen LogP contribution in [0.1, 0.15) is 18.2 Å². The Hall–Kier alpha value is -7.68. The largest absolute Gasteiger partial charge is 0.309 e. The number of hydrogen-bond acceptors (Lipinski definition) is 7. The number of hydrogen-bond donors (Lipinski definition) is 0. The minimum atomic E-state index is 0.0547. The molecule has 0 aliphatic heterocycles. The van der Waals surface area contributed by atoms with Crippen molar-refractivity contribution in [2.24, 2.45) is 0 Å². The maximum Gasteiger partial charge on any atom is 0.163 e. The van der Waals surface area contributed by atoms with E-state index < -0.39 is 0 Å². The Kier molecular flexibility index (Phi) is 8.02. The van der Waals surface area contributed by atoms with Gasteiger partial charge in [-0.2, -0.15) is 0 Å². The van der Waals surface area contributed by atoms with E-state index >= 15 is 0 Å². The quantitative estimate of drug-likeness (QED) is 0.167. The lowest BCUT2D eigenvalue weighted by atomic mass is 9.99. The zero-order valence-electron chi connectivity index (χ0n) is 32.1. The minimum Gasteiger partial charge on any atom is -0.309 e. The summed E-state index contributed by atoms with van der Waals surface area (Å²) in [5, 5.41) is 5.83. The molecular weight excluding hydrogens is 755 g/mol. The SMILES string of the molecule is C1=CCC(c2nc(-c3ccc(-c4cnc5sc6cnc(-c7ccc8ccccc8c7)nc6c5c4)cc3)nc(-c3cccc(-n4c5ccccc5c5ccccc54)c3)n2)C=C1. The molecule has 0 radical (unpaired) electrons. The van der Waals surface area contributed by atoms with Crippen LogP contribution in [0.25, 0.3) is 104 Å². The number of para-hydroxylation sites is 2. The molecule has 8 heteroatoms. The summed E-state index contributed by atoms with van der Waals surface area (Å²) in [6, 6.07) is 51.0. The molecule has 0 saturated carbocycles. The molecule has 0 saturated heterocycles. The highest BCUT2D eigenvalue weighted by atomic mass is 32.1. The van der Waals surface area contributed by atoms with Gasteiger partial charge in [0.2, 0.25) is 0 Å². The van der Waals surface area contributed by atoms with Crippen LogP contribution < -0.4 is 0 Å². The van der Waals surface area contributed by atoms with Crippen LogP contribution in [0, 0.1) is 0 Å². The second kappa shape index (κ2) is 14.0. The van der Waals surface area contributed by atoms with Crippen molar-refractivity contribution in [1.82, 2.24) is 34.5 Å². The monoisotopic (exact) mass is 787 g/mol. The first-order chi connectivity index (χ1) is 29.7. The lowest BCUT2D eigenvalue weighted by Crippen LogP contribution is -2.08. The van der Waals surface area contributed by atoms with Crippen LogP contribution in [0.4, 0.5) is 0 Å². The highest BCUT2D eigenvalue weighted by Gasteiger charge is 2.19. The number of nitrogens with zero attached hydrogens (tertiary/aromatic N) is 7. The molecule has 12 rings (SSSR count). The molecule has 1 atom stereocenters. The Balaban J connectivity index is 0.914. The summed E-state index contributed by atoms with van der Waals surface area (Å²) in [4.78, 5) is 31.0. The van der Waals surface area contributed by atoms with Crippen molar-refractivity contribution in [3.63, 3.8) is 0 Å². The molecule has 0 fully saturated rings. The van der Waals surface area contributed by atoms with E-state index in [2.05, 4.69) is 174 Å². The molecule has 5 aromatic heterocycles. The number of rotatable bonds is 6. The normalized spacial score (nSPS) is 14.0. The molecule has 0 amide bonds. The average molecular weight is 788 g/mol. The third kappa shape index (κ3) is 5.88. The summed E-state index contributed by atoms with van der Waals surface area (Å²) in [7, 11) is 0. The Morgan fingerprint density at radius 1 is 0.500 bits per heavy atom. The summed E-state index contributed by atoms with van der Waals surface area (Å²) < 4.78 is 3.34. The van der Waals surface area contributed by atoms with Crippen LogP contribution in [0.15, 0.2) is 182 Å². The topological polar surface area (TPSA) is 82.3 Å². The molecule has 60 heavy (non-hydrogen) atoms. The lowest BCUT2D eigenvalue weighted by molar-refractivity contribution is 0.764. The fourth-order valence-corrected chi connectivity index (χ4v) is 9.39. The summed E-state index contributed by atoms with van der Waals surface area (Å²) in [5.41, 5.74) is 9.19. The average Bonchev–Trinajstić information content (AvgIpc) is 3.87. The molecule has 5 heterocycles. The van der Waals surface area contributed by atoms with Crippen LogP contribution in [-0.2, 0) is 0 Å². The predicted molar refractivity (Wildman–Crippen MR) is 245 cm³/mol. The van der Waals surface area contributed by atoms with Crippen molar-refractivity contribution in [2.45, 2.75) is 12.3 Å². The zero-order valence-corrected chi connectivity index (χ0v) is 33.0. The van der Waals surface area contributed by atoms with Gasteiger partial charge < -0.3 is 4.57 Å². The van der Waals surface area contributed by atoms with Crippen LogP contribution in [0.3, 0.4) is 0 Å². The van der Waals surface area contributed by atoms with Crippen molar-refractivity contribution >= 4 is 64.3 Å². The summed E-state index contributed by atoms with van der Waals surface area (Å²) in [5.74, 6) is 2.80. The van der Waals surface area contributed by atoms with Crippen LogP contribution in [-0.4, -0.2) is 34.5 Å². The first-order valence-corrected chi connectivity index (χ1v) is 20.9. The van der Waals surface area contributed by atoms with Crippen molar-refractivity contribution < 1.29 is 0 Å². The maximum absolute atomic E-state index is 5.14. The third-order valence-corrected chi connectivity index (χ3v) is 12.5. The number of fused-ring (bicyclic) bond motifs is 7. The predicted octanol–water partition coefficient (Wildman–Crippen LogP) is 12.9. The molecule has 7 nitrogen and oxygen atoms in total. The first-order valence-electron chi connectivity index (χ1n) is 20.0. The summed E-state index contributed by atoms with van der Waals surface area (Å²) >= 11 is 1.62. The van der Waals surface area contributed by atoms with Crippen molar-refractivity contribution in [3.8, 4) is 51.0 Å². The Labute approximate surface area is 348 Å². The number of pyridine rings is 1. The molecule has 0 spiro atoms. The van der Waals surface area contributed by atoms with E-state index in [0.717, 1.165) is 77.2 Å². The molecule has 1 aliphatic rings. The van der Waals surface area contributed by atoms with Gasteiger partial charge in [-0.1, -0.05) is 133 Å². The summed E-state index contributed by atoms with van der Waals surface area (Å²) in [6.45, 7) is 0. The highest BCUT2D eigenvalue weighted by Crippen LogP contribution is 2.37. The van der Waals surface area contributed by atoms with Gasteiger partial charge in [0.15, 0.2) is 17.5 Å². The van der Waals surface area contributed by atoms with Crippen LogP contribution in [0.5, 0.6) is 0 Å². The fraction of sp³-hybridized carbons (Fsp3) is 0.0385. The van der Waals surface area contributed by atoms with E-state index in [1.165, 1.54) is 21.5 Å². The second-order valence-corrected chi connectivity index (χ2v) is 16.2. The highest BCUT2D eigenvalue weighted by molar-refractivity contribution is 7.25. The minimum absolute atomic E-state index is 0.0547. The van der Waals surface area contributed by atoms with Gasteiger partial charge in [0.25, 0.3) is 0 Å². The molecule has 1 unspecified atom stereocenters. The second-order valence-electron chi connectivity index (χ2n) is 15.1. The third-order valence-electron chi connectivity index (χ3n) is 11.5. The van der Waals surface area contributed by atoms with Crippen molar-refractivity contribution in [1.29, 1.82) is 0 Å². The van der Waals surface area contributed by atoms with E-state index in [-0.39, 0.29) is 5.92 Å². The van der Waals surface area contributed by atoms with Gasteiger partial charge in [-0.05, 0) is 59.2 Å². The van der Waals surface area contributed by atoms with E-state index in [1.54, 1.807) is 11.3 Å². The molecule has 282 valence electrons. The van der Waals surface area contributed by atoms with Gasteiger partial charge in [0, 0.05) is 62.4 Å².